The van der Waals surface area contributed by atoms with Crippen LogP contribution in [0.25, 0.3) is 0 Å². The van der Waals surface area contributed by atoms with Crippen LogP contribution in [-0.4, -0.2) is 47.0 Å². The smallest absolute Gasteiger partial charge is 0.410 e. The number of carbonyl (C=O) groups excluding carboxylic acids is 2. The monoisotopic (exact) mass is 361 g/mol. The minimum absolute atomic E-state index is 0.00724. The Morgan fingerprint density at radius 3 is 2.58 bits per heavy atom. The molecule has 2 amide bonds. The van der Waals surface area contributed by atoms with E-state index >= 15 is 0 Å². The fourth-order valence-corrected chi connectivity index (χ4v) is 3.73. The van der Waals surface area contributed by atoms with Crippen molar-refractivity contribution < 1.29 is 19.2 Å². The third-order valence-electron chi connectivity index (χ3n) is 5.19. The number of amides is 2. The van der Waals surface area contributed by atoms with Crippen molar-refractivity contribution >= 4 is 12.0 Å². The second kappa shape index (κ2) is 8.16. The van der Waals surface area contributed by atoms with Crippen LogP contribution in [-0.2, 0) is 16.1 Å². The number of carbonyl (C=O) groups is 2. The minimum Gasteiger partial charge on any atom is -0.445 e. The average molecular weight is 361 g/mol. The highest BCUT2D eigenvalue weighted by molar-refractivity contribution is 5.77. The average Bonchev–Trinajstić information content (AvgIpc) is 2.66. The van der Waals surface area contributed by atoms with E-state index in [2.05, 4.69) is 5.32 Å². The zero-order chi connectivity index (χ0) is 18.5. The molecule has 2 heterocycles. The molecule has 2 aliphatic rings. The molecule has 1 aromatic carbocycles. The predicted molar refractivity (Wildman–Crippen MR) is 92.9 cm³/mol. The Kier molecular flexibility index (Phi) is 5.70. The predicted octanol–water partition coefficient (Wildman–Crippen LogP) is 1.96. The van der Waals surface area contributed by atoms with Crippen molar-refractivity contribution in [2.75, 3.05) is 13.1 Å². The second-order valence-electron chi connectivity index (χ2n) is 6.85. The SMILES string of the molecule is O=C1CC[C@@H]([N+](=O)[O-])[C@@H](C2CCN(C(=O)OCc3ccccc3)CC2)N1. The molecule has 0 unspecified atom stereocenters. The lowest BCUT2D eigenvalue weighted by Crippen LogP contribution is -2.57. The maximum Gasteiger partial charge on any atom is 0.410 e. The number of nitrogens with one attached hydrogen (secondary N) is 1. The molecule has 1 aromatic rings. The fourth-order valence-electron chi connectivity index (χ4n) is 3.73. The van der Waals surface area contributed by atoms with E-state index in [0.717, 1.165) is 5.56 Å². The standard InChI is InChI=1S/C18H23N3O5/c22-16-7-6-15(21(24)25)17(19-16)14-8-10-20(11-9-14)18(23)26-12-13-4-2-1-3-5-13/h1-5,14-15,17H,6-12H2,(H,19,22)/t15-,17-/m1/s1. The van der Waals surface area contributed by atoms with Gasteiger partial charge in [-0.1, -0.05) is 30.3 Å². The molecule has 3 rings (SSSR count). The highest BCUT2D eigenvalue weighted by Crippen LogP contribution is 2.27. The van der Waals surface area contributed by atoms with Gasteiger partial charge in [0.15, 0.2) is 0 Å². The largest absolute Gasteiger partial charge is 0.445 e. The fraction of sp³-hybridized carbons (Fsp3) is 0.556. The van der Waals surface area contributed by atoms with Gasteiger partial charge in [0, 0.05) is 30.9 Å². The maximum atomic E-state index is 12.2. The van der Waals surface area contributed by atoms with E-state index in [-0.39, 0.29) is 42.3 Å². The van der Waals surface area contributed by atoms with Gasteiger partial charge in [-0.3, -0.25) is 14.9 Å². The van der Waals surface area contributed by atoms with Crippen LogP contribution in [0, 0.1) is 16.0 Å². The topological polar surface area (TPSA) is 102 Å². The van der Waals surface area contributed by atoms with Gasteiger partial charge in [0.05, 0.1) is 6.04 Å². The molecule has 8 nitrogen and oxygen atoms in total. The lowest BCUT2D eigenvalue weighted by molar-refractivity contribution is -0.530. The Morgan fingerprint density at radius 2 is 1.92 bits per heavy atom. The lowest BCUT2D eigenvalue weighted by atomic mass is 9.82. The molecule has 8 heteroatoms. The van der Waals surface area contributed by atoms with Crippen molar-refractivity contribution in [3.05, 3.63) is 46.0 Å². The summed E-state index contributed by atoms with van der Waals surface area (Å²) in [5, 5.41) is 14.1. The molecule has 2 aliphatic heterocycles. The lowest BCUT2D eigenvalue weighted by Gasteiger charge is -2.38. The normalized spacial score (nSPS) is 24.0. The number of ether oxygens (including phenoxy) is 1. The van der Waals surface area contributed by atoms with Crippen LogP contribution in [0.5, 0.6) is 0 Å². The summed E-state index contributed by atoms with van der Waals surface area (Å²) in [5.74, 6) is -0.120. The Labute approximate surface area is 151 Å². The summed E-state index contributed by atoms with van der Waals surface area (Å²) in [5.41, 5.74) is 0.925. The van der Waals surface area contributed by atoms with Crippen molar-refractivity contribution in [3.8, 4) is 0 Å². The number of rotatable bonds is 4. The van der Waals surface area contributed by atoms with E-state index in [1.165, 1.54) is 0 Å². The molecule has 2 atom stereocenters. The summed E-state index contributed by atoms with van der Waals surface area (Å²) in [6, 6.07) is 8.27. The van der Waals surface area contributed by atoms with Crippen molar-refractivity contribution in [2.45, 2.75) is 44.4 Å². The Balaban J connectivity index is 1.50. The van der Waals surface area contributed by atoms with Crippen LogP contribution in [0.2, 0.25) is 0 Å². The number of piperidine rings is 2. The van der Waals surface area contributed by atoms with Crippen LogP contribution < -0.4 is 5.32 Å². The maximum absolute atomic E-state index is 12.2. The molecule has 0 aliphatic carbocycles. The Hall–Kier alpha value is -2.64. The molecule has 1 N–H and O–H groups in total. The van der Waals surface area contributed by atoms with Crippen molar-refractivity contribution in [2.24, 2.45) is 5.92 Å². The molecule has 0 radical (unpaired) electrons. The molecule has 0 bridgehead atoms. The summed E-state index contributed by atoms with van der Waals surface area (Å²) >= 11 is 0. The van der Waals surface area contributed by atoms with E-state index in [1.54, 1.807) is 4.90 Å². The molecule has 0 saturated carbocycles. The van der Waals surface area contributed by atoms with Gasteiger partial charge in [0.1, 0.15) is 6.61 Å². The van der Waals surface area contributed by atoms with Crippen LogP contribution in [0.1, 0.15) is 31.2 Å². The number of likely N-dealkylation sites (tertiary alicyclic amines) is 1. The van der Waals surface area contributed by atoms with E-state index < -0.39 is 12.1 Å². The second-order valence-corrected chi connectivity index (χ2v) is 6.85. The summed E-state index contributed by atoms with van der Waals surface area (Å²) in [6.45, 7) is 1.19. The van der Waals surface area contributed by atoms with Gasteiger partial charge in [-0.2, -0.15) is 0 Å². The number of nitro groups is 1. The molecule has 0 spiro atoms. The van der Waals surface area contributed by atoms with E-state index in [0.29, 0.717) is 25.9 Å². The molecular formula is C18H23N3O5. The number of benzene rings is 1. The highest BCUT2D eigenvalue weighted by Gasteiger charge is 2.43. The van der Waals surface area contributed by atoms with Crippen LogP contribution in [0.4, 0.5) is 4.79 Å². The third-order valence-corrected chi connectivity index (χ3v) is 5.19. The van der Waals surface area contributed by atoms with Gasteiger partial charge >= 0.3 is 6.09 Å². The minimum atomic E-state index is -0.741. The molecule has 0 aromatic heterocycles. The highest BCUT2D eigenvalue weighted by atomic mass is 16.6. The van der Waals surface area contributed by atoms with Gasteiger partial charge < -0.3 is 15.0 Å². The van der Waals surface area contributed by atoms with E-state index in [4.69, 9.17) is 4.74 Å². The summed E-state index contributed by atoms with van der Waals surface area (Å²) in [7, 11) is 0. The number of nitrogens with zero attached hydrogens (tertiary/aromatic N) is 2. The van der Waals surface area contributed by atoms with Crippen LogP contribution in [0.3, 0.4) is 0 Å². The molecular weight excluding hydrogens is 338 g/mol. The van der Waals surface area contributed by atoms with Crippen molar-refractivity contribution in [1.82, 2.24) is 10.2 Å². The first-order chi connectivity index (χ1) is 12.5. The number of hydrogen-bond donors (Lipinski definition) is 1. The van der Waals surface area contributed by atoms with E-state index in [9.17, 15) is 19.7 Å². The van der Waals surface area contributed by atoms with Gasteiger partial charge in [-0.05, 0) is 24.3 Å². The van der Waals surface area contributed by atoms with E-state index in [1.807, 2.05) is 30.3 Å². The molecule has 26 heavy (non-hydrogen) atoms. The van der Waals surface area contributed by atoms with Crippen LogP contribution >= 0.6 is 0 Å². The summed E-state index contributed by atoms with van der Waals surface area (Å²) in [4.78, 5) is 36.5. The molecule has 2 saturated heterocycles. The quantitative estimate of drug-likeness (QED) is 0.652. The van der Waals surface area contributed by atoms with Crippen LogP contribution in [0.15, 0.2) is 30.3 Å². The molecule has 2 fully saturated rings. The Bertz CT molecular complexity index is 658. The molecule has 140 valence electrons. The summed E-state index contributed by atoms with van der Waals surface area (Å²) < 4.78 is 5.33. The number of hydrogen-bond acceptors (Lipinski definition) is 5. The zero-order valence-corrected chi connectivity index (χ0v) is 14.5. The first kappa shape index (κ1) is 18.2. The van der Waals surface area contributed by atoms with Gasteiger partial charge in [-0.15, -0.1) is 0 Å². The van der Waals surface area contributed by atoms with Crippen molar-refractivity contribution in [1.29, 1.82) is 0 Å². The zero-order valence-electron chi connectivity index (χ0n) is 14.5. The van der Waals surface area contributed by atoms with Gasteiger partial charge in [0.25, 0.3) is 0 Å². The Morgan fingerprint density at radius 1 is 1.23 bits per heavy atom. The first-order valence-corrected chi connectivity index (χ1v) is 8.93. The van der Waals surface area contributed by atoms with Crippen molar-refractivity contribution in [3.63, 3.8) is 0 Å². The first-order valence-electron chi connectivity index (χ1n) is 8.93. The van der Waals surface area contributed by atoms with Gasteiger partial charge in [-0.25, -0.2) is 4.79 Å². The van der Waals surface area contributed by atoms with Gasteiger partial charge in [0.2, 0.25) is 11.9 Å². The summed E-state index contributed by atoms with van der Waals surface area (Å²) in [6.07, 6.45) is 1.35. The third kappa shape index (κ3) is 4.30.